The van der Waals surface area contributed by atoms with E-state index in [4.69, 9.17) is 4.74 Å². The lowest BCUT2D eigenvalue weighted by Crippen LogP contribution is -2.07. The van der Waals surface area contributed by atoms with Gasteiger partial charge in [-0.3, -0.25) is 0 Å². The van der Waals surface area contributed by atoms with Crippen molar-refractivity contribution in [2.75, 3.05) is 7.05 Å². The normalized spacial score (nSPS) is 10.4. The molecule has 84 valence electrons. The maximum Gasteiger partial charge on any atom is 0.340 e. The first kappa shape index (κ1) is 10.6. The van der Waals surface area contributed by atoms with E-state index >= 15 is 0 Å². The summed E-state index contributed by atoms with van der Waals surface area (Å²) in [5.41, 5.74) is 1.06. The third-order valence-corrected chi connectivity index (χ3v) is 2.12. The van der Waals surface area contributed by atoms with Gasteiger partial charge in [-0.25, -0.2) is 0 Å². The zero-order valence-electron chi connectivity index (χ0n) is 9.21. The second-order valence-corrected chi connectivity index (χ2v) is 3.33. The number of rotatable bonds is 4. The van der Waals surface area contributed by atoms with Crippen LogP contribution in [-0.2, 0) is 13.6 Å². The van der Waals surface area contributed by atoms with E-state index in [1.807, 2.05) is 31.3 Å². The van der Waals surface area contributed by atoms with Gasteiger partial charge in [0.2, 0.25) is 0 Å². The van der Waals surface area contributed by atoms with Gasteiger partial charge in [0.05, 0.1) is 0 Å². The molecule has 0 fully saturated rings. The van der Waals surface area contributed by atoms with Crippen molar-refractivity contribution in [3.63, 3.8) is 0 Å². The Morgan fingerprint density at radius 1 is 1.38 bits per heavy atom. The van der Waals surface area contributed by atoms with Crippen molar-refractivity contribution in [3.8, 4) is 11.8 Å². The number of ether oxygens (including phenoxy) is 1. The number of aromatic nitrogens is 4. The van der Waals surface area contributed by atoms with Crippen LogP contribution in [0.2, 0.25) is 0 Å². The molecule has 1 aromatic carbocycles. The Labute approximate surface area is 93.2 Å². The van der Waals surface area contributed by atoms with Gasteiger partial charge < -0.3 is 10.1 Å². The second-order valence-electron chi connectivity index (χ2n) is 3.33. The van der Waals surface area contributed by atoms with Crippen LogP contribution in [0.5, 0.6) is 11.8 Å². The molecule has 2 aromatic rings. The molecule has 0 atom stereocenters. The van der Waals surface area contributed by atoms with Crippen molar-refractivity contribution < 1.29 is 4.74 Å². The van der Waals surface area contributed by atoms with E-state index < -0.39 is 0 Å². The molecule has 6 heteroatoms. The van der Waals surface area contributed by atoms with Crippen LogP contribution in [0, 0.1) is 0 Å². The average molecular weight is 219 g/mol. The van der Waals surface area contributed by atoms with E-state index in [0.717, 1.165) is 17.9 Å². The van der Waals surface area contributed by atoms with Crippen LogP contribution in [0.25, 0.3) is 0 Å². The number of para-hydroxylation sites is 1. The zero-order chi connectivity index (χ0) is 11.4. The number of benzene rings is 1. The van der Waals surface area contributed by atoms with Crippen molar-refractivity contribution in [3.05, 3.63) is 29.8 Å². The van der Waals surface area contributed by atoms with Crippen LogP contribution < -0.4 is 10.1 Å². The summed E-state index contributed by atoms with van der Waals surface area (Å²) in [6.45, 7) is 0.738. The Kier molecular flexibility index (Phi) is 3.11. The minimum Gasteiger partial charge on any atom is -0.423 e. The Hall–Kier alpha value is -1.95. The van der Waals surface area contributed by atoms with Crippen LogP contribution in [-0.4, -0.2) is 27.3 Å². The van der Waals surface area contributed by atoms with Crippen molar-refractivity contribution in [2.45, 2.75) is 6.54 Å². The number of hydrogen-bond acceptors (Lipinski definition) is 5. The van der Waals surface area contributed by atoms with E-state index in [0.29, 0.717) is 6.01 Å². The molecular weight excluding hydrogens is 206 g/mol. The third kappa shape index (κ3) is 2.17. The average Bonchev–Trinajstić information content (AvgIpc) is 2.68. The summed E-state index contributed by atoms with van der Waals surface area (Å²) in [6, 6.07) is 8.15. The summed E-state index contributed by atoms with van der Waals surface area (Å²) in [5, 5.41) is 14.1. The fourth-order valence-electron chi connectivity index (χ4n) is 1.35. The van der Waals surface area contributed by atoms with Crippen LogP contribution in [0.4, 0.5) is 0 Å². The largest absolute Gasteiger partial charge is 0.423 e. The lowest BCUT2D eigenvalue weighted by atomic mass is 10.2. The molecule has 0 aliphatic rings. The Bertz CT molecular complexity index is 468. The minimum absolute atomic E-state index is 0.378. The molecule has 0 amide bonds. The van der Waals surface area contributed by atoms with E-state index in [2.05, 4.69) is 20.8 Å². The lowest BCUT2D eigenvalue weighted by molar-refractivity contribution is 0.409. The standard InChI is InChI=1S/C10H13N5O/c1-11-7-8-5-3-4-6-9(8)16-10-12-13-14-15(10)2/h3-6,11H,7H2,1-2H3. The molecule has 0 spiro atoms. The number of nitrogens with zero attached hydrogens (tertiary/aromatic N) is 4. The smallest absolute Gasteiger partial charge is 0.340 e. The Morgan fingerprint density at radius 2 is 2.19 bits per heavy atom. The quantitative estimate of drug-likeness (QED) is 0.820. The molecule has 2 rings (SSSR count). The van der Waals surface area contributed by atoms with E-state index in [-0.39, 0.29) is 0 Å². The van der Waals surface area contributed by atoms with Crippen molar-refractivity contribution in [1.29, 1.82) is 0 Å². The third-order valence-electron chi connectivity index (χ3n) is 2.12. The minimum atomic E-state index is 0.378. The summed E-state index contributed by atoms with van der Waals surface area (Å²) in [5.74, 6) is 0.759. The molecule has 16 heavy (non-hydrogen) atoms. The van der Waals surface area contributed by atoms with Crippen molar-refractivity contribution in [2.24, 2.45) is 7.05 Å². The van der Waals surface area contributed by atoms with Gasteiger partial charge in [0, 0.05) is 19.2 Å². The molecule has 0 aliphatic carbocycles. The van der Waals surface area contributed by atoms with Crippen LogP contribution in [0.1, 0.15) is 5.56 Å². The highest BCUT2D eigenvalue weighted by Gasteiger charge is 2.07. The molecule has 1 heterocycles. The highest BCUT2D eigenvalue weighted by atomic mass is 16.5. The Morgan fingerprint density at radius 3 is 2.88 bits per heavy atom. The van der Waals surface area contributed by atoms with Gasteiger partial charge in [-0.15, -0.1) is 0 Å². The predicted molar refractivity (Wildman–Crippen MR) is 58.1 cm³/mol. The van der Waals surface area contributed by atoms with Crippen LogP contribution >= 0.6 is 0 Å². The van der Waals surface area contributed by atoms with E-state index in [1.165, 1.54) is 4.68 Å². The number of hydrogen-bond donors (Lipinski definition) is 1. The molecule has 0 saturated carbocycles. The van der Waals surface area contributed by atoms with Crippen LogP contribution in [0.3, 0.4) is 0 Å². The van der Waals surface area contributed by atoms with Gasteiger partial charge in [-0.1, -0.05) is 23.3 Å². The Balaban J connectivity index is 2.24. The molecular formula is C10H13N5O. The zero-order valence-corrected chi connectivity index (χ0v) is 9.21. The van der Waals surface area contributed by atoms with Gasteiger partial charge in [0.15, 0.2) is 0 Å². The first-order valence-corrected chi connectivity index (χ1v) is 4.94. The molecule has 0 unspecified atom stereocenters. The molecule has 1 aromatic heterocycles. The number of nitrogens with one attached hydrogen (secondary N) is 1. The number of tetrazole rings is 1. The van der Waals surface area contributed by atoms with E-state index in [9.17, 15) is 0 Å². The molecule has 1 N–H and O–H groups in total. The van der Waals surface area contributed by atoms with Crippen LogP contribution in [0.15, 0.2) is 24.3 Å². The van der Waals surface area contributed by atoms with Gasteiger partial charge >= 0.3 is 6.01 Å². The van der Waals surface area contributed by atoms with Gasteiger partial charge in [-0.05, 0) is 23.5 Å². The second kappa shape index (κ2) is 4.71. The fraction of sp³-hybridized carbons (Fsp3) is 0.300. The topological polar surface area (TPSA) is 64.9 Å². The first-order chi connectivity index (χ1) is 7.81. The molecule has 0 radical (unpaired) electrons. The summed E-state index contributed by atoms with van der Waals surface area (Å²) in [4.78, 5) is 0. The van der Waals surface area contributed by atoms with Crippen molar-refractivity contribution >= 4 is 0 Å². The summed E-state index contributed by atoms with van der Waals surface area (Å²) >= 11 is 0. The monoisotopic (exact) mass is 219 g/mol. The lowest BCUT2D eigenvalue weighted by Gasteiger charge is -2.08. The van der Waals surface area contributed by atoms with Crippen molar-refractivity contribution in [1.82, 2.24) is 25.5 Å². The van der Waals surface area contributed by atoms with Gasteiger partial charge in [0.1, 0.15) is 5.75 Å². The maximum absolute atomic E-state index is 5.62. The first-order valence-electron chi connectivity index (χ1n) is 4.94. The molecule has 6 nitrogen and oxygen atoms in total. The summed E-state index contributed by atoms with van der Waals surface area (Å²) in [7, 11) is 3.62. The molecule has 0 saturated heterocycles. The van der Waals surface area contributed by atoms with Gasteiger partial charge in [-0.2, -0.15) is 4.68 Å². The maximum atomic E-state index is 5.62. The predicted octanol–water partition coefficient (Wildman–Crippen LogP) is 0.722. The molecule has 0 bridgehead atoms. The fourth-order valence-corrected chi connectivity index (χ4v) is 1.35. The highest BCUT2D eigenvalue weighted by molar-refractivity contribution is 5.34. The summed E-state index contributed by atoms with van der Waals surface area (Å²) < 4.78 is 7.10. The summed E-state index contributed by atoms with van der Waals surface area (Å²) in [6.07, 6.45) is 0. The number of aryl methyl sites for hydroxylation is 1. The van der Waals surface area contributed by atoms with E-state index in [1.54, 1.807) is 7.05 Å². The van der Waals surface area contributed by atoms with Gasteiger partial charge in [0.25, 0.3) is 0 Å². The molecule has 0 aliphatic heterocycles. The SMILES string of the molecule is CNCc1ccccc1Oc1nnnn1C. The highest BCUT2D eigenvalue weighted by Crippen LogP contribution is 2.22.